The van der Waals surface area contributed by atoms with E-state index in [4.69, 9.17) is 25.8 Å². The van der Waals surface area contributed by atoms with E-state index in [0.717, 1.165) is 0 Å². The highest BCUT2D eigenvalue weighted by Crippen LogP contribution is 2.27. The zero-order valence-electron chi connectivity index (χ0n) is 13.9. The first-order valence-electron chi connectivity index (χ1n) is 7.49. The second-order valence-corrected chi connectivity index (χ2v) is 5.47. The normalized spacial score (nSPS) is 9.92. The van der Waals surface area contributed by atoms with E-state index >= 15 is 0 Å². The van der Waals surface area contributed by atoms with Crippen LogP contribution in [-0.2, 0) is 14.3 Å². The average Bonchev–Trinajstić information content (AvgIpc) is 2.66. The Hall–Kier alpha value is -3.06. The number of carbonyl (C=O) groups is 3. The second-order valence-electron chi connectivity index (χ2n) is 5.03. The van der Waals surface area contributed by atoms with Crippen molar-refractivity contribution in [3.8, 4) is 11.5 Å². The van der Waals surface area contributed by atoms with Gasteiger partial charge in [-0.15, -0.1) is 0 Å². The van der Waals surface area contributed by atoms with Gasteiger partial charge in [0.2, 0.25) is 0 Å². The van der Waals surface area contributed by atoms with E-state index < -0.39 is 25.1 Å². The summed E-state index contributed by atoms with van der Waals surface area (Å²) in [6, 6.07) is 11.0. The van der Waals surface area contributed by atoms with E-state index in [2.05, 4.69) is 5.32 Å². The van der Waals surface area contributed by atoms with Crippen molar-refractivity contribution in [3.05, 3.63) is 53.1 Å². The summed E-state index contributed by atoms with van der Waals surface area (Å²) in [6.07, 6.45) is 0.667. The quantitative estimate of drug-likeness (QED) is 0.562. The van der Waals surface area contributed by atoms with Crippen LogP contribution < -0.4 is 14.8 Å². The number of ether oxygens (including phenoxy) is 3. The van der Waals surface area contributed by atoms with Gasteiger partial charge in [-0.05, 0) is 42.5 Å². The van der Waals surface area contributed by atoms with Crippen molar-refractivity contribution in [3.63, 3.8) is 0 Å². The third-order valence-electron chi connectivity index (χ3n) is 3.16. The number of anilines is 1. The summed E-state index contributed by atoms with van der Waals surface area (Å²) in [5.74, 6) is -0.630. The van der Waals surface area contributed by atoms with Crippen LogP contribution >= 0.6 is 11.6 Å². The molecule has 8 heteroatoms. The molecule has 2 aromatic carbocycles. The van der Waals surface area contributed by atoms with Crippen molar-refractivity contribution in [2.24, 2.45) is 0 Å². The molecule has 0 saturated carbocycles. The van der Waals surface area contributed by atoms with Gasteiger partial charge in [-0.2, -0.15) is 0 Å². The van der Waals surface area contributed by atoms with Crippen LogP contribution in [0.15, 0.2) is 42.5 Å². The van der Waals surface area contributed by atoms with Gasteiger partial charge < -0.3 is 19.5 Å². The zero-order valence-corrected chi connectivity index (χ0v) is 14.6. The molecule has 2 rings (SSSR count). The number of halogens is 1. The molecule has 0 fully saturated rings. The highest BCUT2D eigenvalue weighted by atomic mass is 35.5. The number of amides is 1. The van der Waals surface area contributed by atoms with Gasteiger partial charge in [0.25, 0.3) is 5.91 Å². The molecular weight excluding hydrogens is 362 g/mol. The summed E-state index contributed by atoms with van der Waals surface area (Å²) in [7, 11) is 1.41. The summed E-state index contributed by atoms with van der Waals surface area (Å²) in [4.78, 5) is 34.2. The molecule has 0 saturated heterocycles. The summed E-state index contributed by atoms with van der Waals surface area (Å²) >= 11 is 5.75. The number of benzene rings is 2. The molecule has 0 atom stereocenters. The summed E-state index contributed by atoms with van der Waals surface area (Å²) in [5.41, 5.74) is 0.947. The molecule has 7 nitrogen and oxygen atoms in total. The van der Waals surface area contributed by atoms with Gasteiger partial charge in [0.1, 0.15) is 6.29 Å². The Labute approximate surface area is 154 Å². The molecule has 0 aromatic heterocycles. The molecule has 26 heavy (non-hydrogen) atoms. The first-order valence-corrected chi connectivity index (χ1v) is 7.86. The molecule has 0 aliphatic rings. The fourth-order valence-corrected chi connectivity index (χ4v) is 2.06. The number of rotatable bonds is 8. The molecule has 0 unspecified atom stereocenters. The van der Waals surface area contributed by atoms with Crippen LogP contribution in [0, 0.1) is 0 Å². The fourth-order valence-electron chi connectivity index (χ4n) is 1.93. The third-order valence-corrected chi connectivity index (χ3v) is 3.41. The predicted octanol–water partition coefficient (Wildman–Crippen LogP) is 2.72. The van der Waals surface area contributed by atoms with E-state index in [1.807, 2.05) is 0 Å². The number of methoxy groups -OCH3 is 1. The van der Waals surface area contributed by atoms with E-state index in [1.165, 1.54) is 25.3 Å². The summed E-state index contributed by atoms with van der Waals surface area (Å²) < 4.78 is 15.2. The van der Waals surface area contributed by atoms with Crippen LogP contribution in [0.5, 0.6) is 11.5 Å². The minimum Gasteiger partial charge on any atom is -0.493 e. The molecule has 0 radical (unpaired) electrons. The van der Waals surface area contributed by atoms with Gasteiger partial charge in [-0.1, -0.05) is 11.6 Å². The maximum absolute atomic E-state index is 11.7. The fraction of sp³-hybridized carbons (Fsp3) is 0.167. The molecule has 0 heterocycles. The molecule has 0 aliphatic heterocycles. The van der Waals surface area contributed by atoms with Gasteiger partial charge in [-0.3, -0.25) is 9.59 Å². The van der Waals surface area contributed by atoms with Crippen LogP contribution in [0.4, 0.5) is 5.69 Å². The number of nitrogens with one attached hydrogen (secondary N) is 1. The summed E-state index contributed by atoms with van der Waals surface area (Å²) in [6.45, 7) is -0.864. The highest BCUT2D eigenvalue weighted by molar-refractivity contribution is 6.30. The Morgan fingerprint density at radius 2 is 1.81 bits per heavy atom. The van der Waals surface area contributed by atoms with E-state index in [9.17, 15) is 14.4 Å². The Balaban J connectivity index is 1.79. The minimum atomic E-state index is -0.724. The number of hydrogen-bond donors (Lipinski definition) is 1. The van der Waals surface area contributed by atoms with Crippen molar-refractivity contribution < 1.29 is 28.6 Å². The van der Waals surface area contributed by atoms with Crippen molar-refractivity contribution in [1.29, 1.82) is 0 Å². The highest BCUT2D eigenvalue weighted by Gasteiger charge is 2.11. The van der Waals surface area contributed by atoms with Crippen LogP contribution in [-0.4, -0.2) is 38.5 Å². The maximum Gasteiger partial charge on any atom is 0.344 e. The van der Waals surface area contributed by atoms with Crippen molar-refractivity contribution >= 4 is 35.5 Å². The molecule has 136 valence electrons. The lowest BCUT2D eigenvalue weighted by atomic mass is 10.2. The Kier molecular flexibility index (Phi) is 6.99. The molecule has 0 bridgehead atoms. The average molecular weight is 378 g/mol. The molecule has 0 spiro atoms. The Bertz CT molecular complexity index is 791. The molecule has 0 aliphatic carbocycles. The van der Waals surface area contributed by atoms with Crippen LogP contribution in [0.2, 0.25) is 5.02 Å². The van der Waals surface area contributed by atoms with Crippen LogP contribution in [0.3, 0.4) is 0 Å². The smallest absolute Gasteiger partial charge is 0.344 e. The van der Waals surface area contributed by atoms with Crippen molar-refractivity contribution in [1.82, 2.24) is 0 Å². The van der Waals surface area contributed by atoms with Crippen molar-refractivity contribution in [2.45, 2.75) is 0 Å². The topological polar surface area (TPSA) is 90.9 Å². The molecule has 2 aromatic rings. The number of aldehydes is 1. The van der Waals surface area contributed by atoms with Crippen LogP contribution in [0.25, 0.3) is 0 Å². The Morgan fingerprint density at radius 3 is 2.46 bits per heavy atom. The van der Waals surface area contributed by atoms with Gasteiger partial charge in [-0.25, -0.2) is 4.79 Å². The van der Waals surface area contributed by atoms with Crippen LogP contribution in [0.1, 0.15) is 10.4 Å². The Morgan fingerprint density at radius 1 is 1.08 bits per heavy atom. The SMILES string of the molecule is COc1cc(C=O)ccc1OCC(=O)OCC(=O)Nc1ccc(Cl)cc1. The largest absolute Gasteiger partial charge is 0.493 e. The first-order chi connectivity index (χ1) is 12.5. The minimum absolute atomic E-state index is 0.278. The standard InChI is InChI=1S/C18H16ClNO6/c1-24-16-8-12(9-21)2-7-15(16)25-11-18(23)26-10-17(22)20-14-5-3-13(19)4-6-14/h2-9H,10-11H2,1H3,(H,20,22). The second kappa shape index (κ2) is 9.43. The third kappa shape index (κ3) is 5.78. The van der Waals surface area contributed by atoms with Gasteiger partial charge in [0, 0.05) is 16.3 Å². The van der Waals surface area contributed by atoms with E-state index in [1.54, 1.807) is 24.3 Å². The lowest BCUT2D eigenvalue weighted by Crippen LogP contribution is -2.23. The zero-order chi connectivity index (χ0) is 18.9. The lowest BCUT2D eigenvalue weighted by Gasteiger charge is -2.11. The van der Waals surface area contributed by atoms with Gasteiger partial charge in [0.05, 0.1) is 7.11 Å². The monoisotopic (exact) mass is 377 g/mol. The maximum atomic E-state index is 11.7. The molecular formula is C18H16ClNO6. The molecule has 1 N–H and O–H groups in total. The molecule has 1 amide bonds. The van der Waals surface area contributed by atoms with E-state index in [0.29, 0.717) is 28.3 Å². The first kappa shape index (κ1) is 19.3. The van der Waals surface area contributed by atoms with Gasteiger partial charge >= 0.3 is 5.97 Å². The van der Waals surface area contributed by atoms with Crippen molar-refractivity contribution in [2.75, 3.05) is 25.6 Å². The van der Waals surface area contributed by atoms with E-state index in [-0.39, 0.29) is 5.75 Å². The lowest BCUT2D eigenvalue weighted by molar-refractivity contribution is -0.149. The summed E-state index contributed by atoms with van der Waals surface area (Å²) in [5, 5.41) is 3.11. The number of hydrogen-bond acceptors (Lipinski definition) is 6. The number of esters is 1. The predicted molar refractivity (Wildman–Crippen MR) is 94.9 cm³/mol. The van der Waals surface area contributed by atoms with Gasteiger partial charge in [0.15, 0.2) is 24.7 Å². The number of carbonyl (C=O) groups excluding carboxylic acids is 3.